The molecule has 0 aliphatic heterocycles. The molecule has 1 aromatic rings. The zero-order valence-electron chi connectivity index (χ0n) is 6.21. The number of para-hydroxylation sites is 1. The largest absolute Gasteiger partial charge is 0.331 e. The average molecular weight is 169 g/mol. The molecule has 58 valence electrons. The highest BCUT2D eigenvalue weighted by Gasteiger charge is 1.90. The smallest absolute Gasteiger partial charge is 0.195 e. The Morgan fingerprint density at radius 1 is 1.36 bits per heavy atom. The third-order valence-corrected chi connectivity index (χ3v) is 1.48. The van der Waals surface area contributed by atoms with Gasteiger partial charge in [-0.25, -0.2) is 0 Å². The van der Waals surface area contributed by atoms with E-state index >= 15 is 0 Å². The van der Waals surface area contributed by atoms with Crippen molar-refractivity contribution >= 4 is 22.6 Å². The molecule has 0 saturated heterocycles. The minimum atomic E-state index is 0.399. The van der Waals surface area contributed by atoms with Gasteiger partial charge in [-0.2, -0.15) is 0 Å². The molecule has 0 aromatic heterocycles. The molecule has 0 aliphatic rings. The van der Waals surface area contributed by atoms with Crippen molar-refractivity contribution in [2.45, 2.75) is 0 Å². The van der Waals surface area contributed by atoms with Crippen molar-refractivity contribution in [2.24, 2.45) is 4.99 Å². The zero-order valence-corrected chi connectivity index (χ0v) is 6.97. The summed E-state index contributed by atoms with van der Waals surface area (Å²) in [6.45, 7) is 0. The van der Waals surface area contributed by atoms with Gasteiger partial charge in [0.2, 0.25) is 0 Å². The van der Waals surface area contributed by atoms with E-state index in [0.29, 0.717) is 5.29 Å². The van der Waals surface area contributed by atoms with Gasteiger partial charge in [-0.15, -0.1) is 0 Å². The fraction of sp³-hybridized carbons (Fsp3) is 0.125. The van der Waals surface area contributed by atoms with E-state index < -0.39 is 0 Å². The number of amidine groups is 1. The Morgan fingerprint density at radius 2 is 2.00 bits per heavy atom. The van der Waals surface area contributed by atoms with Crippen molar-refractivity contribution in [1.29, 1.82) is 0 Å². The minimum Gasteiger partial charge on any atom is -0.331 e. The first-order valence-electron chi connectivity index (χ1n) is 3.27. The van der Waals surface area contributed by atoms with Crippen LogP contribution < -0.4 is 5.32 Å². The molecule has 0 amide bonds. The van der Waals surface area contributed by atoms with Crippen LogP contribution in [0.2, 0.25) is 0 Å². The topological polar surface area (TPSA) is 24.4 Å². The van der Waals surface area contributed by atoms with E-state index in [0.717, 1.165) is 5.69 Å². The Morgan fingerprint density at radius 3 is 2.55 bits per heavy atom. The predicted octanol–water partition coefficient (Wildman–Crippen LogP) is 2.32. The van der Waals surface area contributed by atoms with E-state index in [-0.39, 0.29) is 0 Å². The Balaban J connectivity index is 2.65. The van der Waals surface area contributed by atoms with Gasteiger partial charge in [0.25, 0.3) is 0 Å². The van der Waals surface area contributed by atoms with E-state index in [9.17, 15) is 0 Å². The summed E-state index contributed by atoms with van der Waals surface area (Å²) >= 11 is 5.64. The molecule has 3 heteroatoms. The number of anilines is 1. The van der Waals surface area contributed by atoms with Crippen molar-refractivity contribution in [2.75, 3.05) is 12.4 Å². The number of hydrogen-bond acceptors (Lipinski definition) is 1. The first kappa shape index (κ1) is 8.08. The zero-order chi connectivity index (χ0) is 8.10. The second-order valence-electron chi connectivity index (χ2n) is 2.01. The lowest BCUT2D eigenvalue weighted by molar-refractivity contribution is 1.44. The molecule has 11 heavy (non-hydrogen) atoms. The maximum absolute atomic E-state index is 5.64. The molecule has 0 unspecified atom stereocenters. The van der Waals surface area contributed by atoms with Gasteiger partial charge in [0.05, 0.1) is 0 Å². The Labute approximate surface area is 70.9 Å². The summed E-state index contributed by atoms with van der Waals surface area (Å²) < 4.78 is 0. The number of rotatable bonds is 1. The number of hydrogen-bond donors (Lipinski definition) is 1. The Bertz CT molecular complexity index is 244. The number of nitrogens with one attached hydrogen (secondary N) is 1. The van der Waals surface area contributed by atoms with Crippen LogP contribution in [0, 0.1) is 0 Å². The molecule has 1 rings (SSSR count). The Hall–Kier alpha value is -1.02. The van der Waals surface area contributed by atoms with Crippen LogP contribution in [0.4, 0.5) is 5.69 Å². The van der Waals surface area contributed by atoms with Crippen LogP contribution in [-0.4, -0.2) is 12.3 Å². The van der Waals surface area contributed by atoms with Crippen molar-refractivity contribution in [3.05, 3.63) is 30.3 Å². The summed E-state index contributed by atoms with van der Waals surface area (Å²) in [6.07, 6.45) is 0. The highest BCUT2D eigenvalue weighted by Crippen LogP contribution is 2.05. The van der Waals surface area contributed by atoms with Gasteiger partial charge in [0.1, 0.15) is 0 Å². The fourth-order valence-corrected chi connectivity index (χ4v) is 0.806. The SMILES string of the molecule is CN=C(Cl)Nc1ccccc1. The van der Waals surface area contributed by atoms with Gasteiger partial charge in [-0.1, -0.05) is 18.2 Å². The first-order chi connectivity index (χ1) is 5.33. The molecular formula is C8H9ClN2. The molecule has 1 aromatic carbocycles. The lowest BCUT2D eigenvalue weighted by atomic mass is 10.3. The van der Waals surface area contributed by atoms with E-state index in [1.807, 2.05) is 30.3 Å². The predicted molar refractivity (Wildman–Crippen MR) is 49.3 cm³/mol. The Kier molecular flexibility index (Phi) is 2.93. The molecule has 0 aliphatic carbocycles. The second kappa shape index (κ2) is 3.98. The molecule has 0 bridgehead atoms. The lowest BCUT2D eigenvalue weighted by Gasteiger charge is -2.00. The monoisotopic (exact) mass is 168 g/mol. The van der Waals surface area contributed by atoms with Gasteiger partial charge in [-0.3, -0.25) is 4.99 Å². The fourth-order valence-electron chi connectivity index (χ4n) is 0.696. The highest BCUT2D eigenvalue weighted by atomic mass is 35.5. The molecule has 0 atom stereocenters. The maximum Gasteiger partial charge on any atom is 0.195 e. The molecule has 2 nitrogen and oxygen atoms in total. The summed E-state index contributed by atoms with van der Waals surface area (Å²) in [6, 6.07) is 9.66. The average Bonchev–Trinajstić information content (AvgIpc) is 2.06. The number of halogens is 1. The molecule has 0 fully saturated rings. The molecule has 0 heterocycles. The van der Waals surface area contributed by atoms with E-state index in [4.69, 9.17) is 11.6 Å². The van der Waals surface area contributed by atoms with Crippen LogP contribution in [-0.2, 0) is 0 Å². The van der Waals surface area contributed by atoms with Crippen LogP contribution in [0.15, 0.2) is 35.3 Å². The number of benzene rings is 1. The second-order valence-corrected chi connectivity index (χ2v) is 2.36. The van der Waals surface area contributed by atoms with Crippen LogP contribution in [0.5, 0.6) is 0 Å². The van der Waals surface area contributed by atoms with Gasteiger partial charge >= 0.3 is 0 Å². The summed E-state index contributed by atoms with van der Waals surface area (Å²) in [5, 5.41) is 3.31. The van der Waals surface area contributed by atoms with Crippen LogP contribution in [0.3, 0.4) is 0 Å². The molecule has 0 radical (unpaired) electrons. The van der Waals surface area contributed by atoms with E-state index in [1.165, 1.54) is 0 Å². The lowest BCUT2D eigenvalue weighted by Crippen LogP contribution is -2.02. The molecule has 1 N–H and O–H groups in total. The van der Waals surface area contributed by atoms with Crippen LogP contribution in [0.1, 0.15) is 0 Å². The molecule has 0 spiro atoms. The normalized spacial score (nSPS) is 11.3. The van der Waals surface area contributed by atoms with Crippen LogP contribution >= 0.6 is 11.6 Å². The van der Waals surface area contributed by atoms with Gasteiger partial charge in [0, 0.05) is 12.7 Å². The summed E-state index contributed by atoms with van der Waals surface area (Å²) in [7, 11) is 1.64. The van der Waals surface area contributed by atoms with Gasteiger partial charge in [-0.05, 0) is 23.7 Å². The van der Waals surface area contributed by atoms with Gasteiger partial charge < -0.3 is 5.32 Å². The van der Waals surface area contributed by atoms with Gasteiger partial charge in [0.15, 0.2) is 5.29 Å². The van der Waals surface area contributed by atoms with E-state index in [2.05, 4.69) is 10.3 Å². The van der Waals surface area contributed by atoms with Crippen molar-refractivity contribution in [3.8, 4) is 0 Å². The summed E-state index contributed by atoms with van der Waals surface area (Å²) in [4.78, 5) is 3.75. The minimum absolute atomic E-state index is 0.399. The number of aliphatic imine (C=N–C) groups is 1. The van der Waals surface area contributed by atoms with Crippen molar-refractivity contribution in [3.63, 3.8) is 0 Å². The standard InChI is InChI=1S/C8H9ClN2/c1-10-8(9)11-7-5-3-2-4-6-7/h2-6H,1H3,(H,10,11). The van der Waals surface area contributed by atoms with E-state index in [1.54, 1.807) is 7.05 Å². The third-order valence-electron chi connectivity index (χ3n) is 1.22. The first-order valence-corrected chi connectivity index (χ1v) is 3.65. The third kappa shape index (κ3) is 2.60. The molecular weight excluding hydrogens is 160 g/mol. The van der Waals surface area contributed by atoms with Crippen LogP contribution in [0.25, 0.3) is 0 Å². The highest BCUT2D eigenvalue weighted by molar-refractivity contribution is 6.67. The number of nitrogens with zero attached hydrogens (tertiary/aromatic N) is 1. The van der Waals surface area contributed by atoms with Crippen molar-refractivity contribution < 1.29 is 0 Å². The van der Waals surface area contributed by atoms with Crippen molar-refractivity contribution in [1.82, 2.24) is 0 Å². The summed E-state index contributed by atoms with van der Waals surface area (Å²) in [5.74, 6) is 0. The quantitative estimate of drug-likeness (QED) is 0.389. The maximum atomic E-state index is 5.64. The summed E-state index contributed by atoms with van der Waals surface area (Å²) in [5.41, 5.74) is 0.947. The molecule has 0 saturated carbocycles.